The standard InChI is InChI=1S/C16H21FO/c1-3-5-6-7-8-9-12-18-16-11-10-14(4-2)13-15(16)17/h2,10-11,13H,3,5-9,12H2,1H3. The molecule has 0 unspecified atom stereocenters. The van der Waals surface area contributed by atoms with Crippen molar-refractivity contribution in [3.8, 4) is 18.1 Å². The van der Waals surface area contributed by atoms with Crippen LogP contribution in [0.15, 0.2) is 18.2 Å². The van der Waals surface area contributed by atoms with Crippen LogP contribution in [0.1, 0.15) is 51.0 Å². The lowest BCUT2D eigenvalue weighted by atomic mass is 10.1. The highest BCUT2D eigenvalue weighted by atomic mass is 19.1. The van der Waals surface area contributed by atoms with Gasteiger partial charge in [0.15, 0.2) is 11.6 Å². The average molecular weight is 248 g/mol. The van der Waals surface area contributed by atoms with Crippen molar-refractivity contribution in [3.05, 3.63) is 29.6 Å². The summed E-state index contributed by atoms with van der Waals surface area (Å²) in [5.74, 6) is 2.31. The normalized spacial score (nSPS) is 10.1. The highest BCUT2D eigenvalue weighted by molar-refractivity contribution is 5.37. The SMILES string of the molecule is C#Cc1ccc(OCCCCCCCC)c(F)c1. The first-order chi connectivity index (χ1) is 8.77. The summed E-state index contributed by atoms with van der Waals surface area (Å²) in [5, 5.41) is 0. The first-order valence-electron chi connectivity index (χ1n) is 6.67. The largest absolute Gasteiger partial charge is 0.491 e. The van der Waals surface area contributed by atoms with Crippen LogP contribution in [0.3, 0.4) is 0 Å². The molecule has 0 aliphatic rings. The fourth-order valence-corrected chi connectivity index (χ4v) is 1.77. The maximum absolute atomic E-state index is 13.5. The quantitative estimate of drug-likeness (QED) is 0.484. The number of halogens is 1. The number of benzene rings is 1. The third kappa shape index (κ3) is 5.23. The van der Waals surface area contributed by atoms with Crippen LogP contribution in [0.5, 0.6) is 5.75 Å². The number of terminal acetylenes is 1. The topological polar surface area (TPSA) is 9.23 Å². The molecule has 1 rings (SSSR count). The molecule has 1 aromatic carbocycles. The predicted octanol–water partition coefficient (Wildman–Crippen LogP) is 4.55. The Morgan fingerprint density at radius 1 is 1.17 bits per heavy atom. The van der Waals surface area contributed by atoms with Crippen LogP contribution in [0.25, 0.3) is 0 Å². The van der Waals surface area contributed by atoms with Crippen LogP contribution in [0.2, 0.25) is 0 Å². The first kappa shape index (κ1) is 14.6. The van der Waals surface area contributed by atoms with Gasteiger partial charge in [0.05, 0.1) is 6.61 Å². The predicted molar refractivity (Wildman–Crippen MR) is 73.2 cm³/mol. The number of ether oxygens (including phenoxy) is 1. The number of unbranched alkanes of at least 4 members (excludes halogenated alkanes) is 5. The lowest BCUT2D eigenvalue weighted by Crippen LogP contribution is -1.99. The molecule has 0 aliphatic heterocycles. The lowest BCUT2D eigenvalue weighted by molar-refractivity contribution is 0.290. The van der Waals surface area contributed by atoms with E-state index in [4.69, 9.17) is 11.2 Å². The molecule has 0 aromatic heterocycles. The maximum atomic E-state index is 13.5. The van der Waals surface area contributed by atoms with Gasteiger partial charge in [-0.1, -0.05) is 44.9 Å². The van der Waals surface area contributed by atoms with Gasteiger partial charge < -0.3 is 4.74 Å². The molecule has 0 saturated carbocycles. The smallest absolute Gasteiger partial charge is 0.166 e. The highest BCUT2D eigenvalue weighted by Gasteiger charge is 2.03. The molecule has 1 aromatic rings. The van der Waals surface area contributed by atoms with Crippen LogP contribution in [-0.2, 0) is 0 Å². The molecule has 98 valence electrons. The van der Waals surface area contributed by atoms with Crippen LogP contribution >= 0.6 is 0 Å². The average Bonchev–Trinajstić information content (AvgIpc) is 2.39. The molecule has 1 nitrogen and oxygen atoms in total. The molecule has 0 radical (unpaired) electrons. The van der Waals surface area contributed by atoms with Gasteiger partial charge in [-0.25, -0.2) is 4.39 Å². The minimum atomic E-state index is -0.378. The second kappa shape index (κ2) is 8.58. The molecule has 18 heavy (non-hydrogen) atoms. The summed E-state index contributed by atoms with van der Waals surface area (Å²) in [6.07, 6.45) is 12.4. The fourth-order valence-electron chi connectivity index (χ4n) is 1.77. The fraction of sp³-hybridized carbons (Fsp3) is 0.500. The van der Waals surface area contributed by atoms with Gasteiger partial charge in [-0.15, -0.1) is 6.42 Å². The minimum absolute atomic E-state index is 0.294. The summed E-state index contributed by atoms with van der Waals surface area (Å²) >= 11 is 0. The van der Waals surface area contributed by atoms with Crippen LogP contribution in [0.4, 0.5) is 4.39 Å². The van der Waals surface area contributed by atoms with Gasteiger partial charge in [-0.3, -0.25) is 0 Å². The van der Waals surface area contributed by atoms with E-state index >= 15 is 0 Å². The molecule has 0 saturated heterocycles. The highest BCUT2D eigenvalue weighted by Crippen LogP contribution is 2.18. The molecule has 0 amide bonds. The van der Waals surface area contributed by atoms with Gasteiger partial charge in [0, 0.05) is 5.56 Å². The summed E-state index contributed by atoms with van der Waals surface area (Å²) in [6.45, 7) is 2.77. The molecule has 0 fully saturated rings. The Kier molecular flexibility index (Phi) is 6.94. The Morgan fingerprint density at radius 2 is 1.89 bits per heavy atom. The van der Waals surface area contributed by atoms with E-state index in [1.807, 2.05) is 0 Å². The minimum Gasteiger partial charge on any atom is -0.491 e. The van der Waals surface area contributed by atoms with E-state index in [9.17, 15) is 4.39 Å². The molecule has 0 heterocycles. The van der Waals surface area contributed by atoms with Gasteiger partial charge in [0.2, 0.25) is 0 Å². The third-order valence-corrected chi connectivity index (χ3v) is 2.85. The Labute approximate surface area is 109 Å². The molecule has 0 spiro atoms. The first-order valence-corrected chi connectivity index (χ1v) is 6.67. The van der Waals surface area contributed by atoms with Crippen molar-refractivity contribution >= 4 is 0 Å². The van der Waals surface area contributed by atoms with Gasteiger partial charge in [-0.05, 0) is 24.6 Å². The van der Waals surface area contributed by atoms with E-state index in [2.05, 4.69) is 12.8 Å². The molecular weight excluding hydrogens is 227 g/mol. The van der Waals surface area contributed by atoms with Crippen molar-refractivity contribution in [3.63, 3.8) is 0 Å². The second-order valence-corrected chi connectivity index (χ2v) is 4.41. The zero-order valence-corrected chi connectivity index (χ0v) is 11.0. The zero-order valence-electron chi connectivity index (χ0n) is 11.0. The van der Waals surface area contributed by atoms with Crippen molar-refractivity contribution in [2.75, 3.05) is 6.61 Å². The van der Waals surface area contributed by atoms with Crippen molar-refractivity contribution in [2.45, 2.75) is 45.4 Å². The summed E-state index contributed by atoms with van der Waals surface area (Å²) in [4.78, 5) is 0. The third-order valence-electron chi connectivity index (χ3n) is 2.85. The van der Waals surface area contributed by atoms with Gasteiger partial charge >= 0.3 is 0 Å². The van der Waals surface area contributed by atoms with E-state index in [1.54, 1.807) is 12.1 Å². The Hall–Kier alpha value is -1.49. The summed E-state index contributed by atoms with van der Waals surface area (Å²) < 4.78 is 18.9. The van der Waals surface area contributed by atoms with E-state index in [-0.39, 0.29) is 5.82 Å². The number of hydrogen-bond acceptors (Lipinski definition) is 1. The van der Waals surface area contributed by atoms with E-state index in [1.165, 1.54) is 31.7 Å². The Morgan fingerprint density at radius 3 is 2.56 bits per heavy atom. The zero-order chi connectivity index (χ0) is 13.2. The number of rotatable bonds is 8. The van der Waals surface area contributed by atoms with Gasteiger partial charge in [0.1, 0.15) is 0 Å². The molecule has 0 N–H and O–H groups in total. The molecule has 2 heteroatoms. The van der Waals surface area contributed by atoms with Crippen molar-refractivity contribution in [1.29, 1.82) is 0 Å². The van der Waals surface area contributed by atoms with E-state index < -0.39 is 0 Å². The monoisotopic (exact) mass is 248 g/mol. The van der Waals surface area contributed by atoms with Gasteiger partial charge in [-0.2, -0.15) is 0 Å². The summed E-state index contributed by atoms with van der Waals surface area (Å²) in [7, 11) is 0. The summed E-state index contributed by atoms with van der Waals surface area (Å²) in [6, 6.07) is 4.62. The molecule has 0 atom stereocenters. The lowest BCUT2D eigenvalue weighted by Gasteiger charge is -2.07. The molecule has 0 aliphatic carbocycles. The van der Waals surface area contributed by atoms with Crippen LogP contribution in [-0.4, -0.2) is 6.61 Å². The summed E-state index contributed by atoms with van der Waals surface area (Å²) in [5.41, 5.74) is 0.541. The van der Waals surface area contributed by atoms with Crippen molar-refractivity contribution < 1.29 is 9.13 Å². The Bertz CT molecular complexity index is 393. The second-order valence-electron chi connectivity index (χ2n) is 4.41. The van der Waals surface area contributed by atoms with Gasteiger partial charge in [0.25, 0.3) is 0 Å². The van der Waals surface area contributed by atoms with E-state index in [0.29, 0.717) is 17.9 Å². The molecular formula is C16H21FO. The van der Waals surface area contributed by atoms with Crippen LogP contribution in [0, 0.1) is 18.2 Å². The van der Waals surface area contributed by atoms with Crippen molar-refractivity contribution in [2.24, 2.45) is 0 Å². The van der Waals surface area contributed by atoms with Crippen LogP contribution < -0.4 is 4.74 Å². The molecule has 0 bridgehead atoms. The maximum Gasteiger partial charge on any atom is 0.166 e. The van der Waals surface area contributed by atoms with E-state index in [0.717, 1.165) is 12.8 Å². The van der Waals surface area contributed by atoms with Crippen molar-refractivity contribution in [1.82, 2.24) is 0 Å². The Balaban J connectivity index is 2.21. The number of hydrogen-bond donors (Lipinski definition) is 0.